The third-order valence-electron chi connectivity index (χ3n) is 16.4. The molecule has 9 fully saturated rings. The molecule has 6 saturated carbocycles. The van der Waals surface area contributed by atoms with Gasteiger partial charge in [-0.05, 0) is 38.0 Å². The van der Waals surface area contributed by atoms with E-state index in [1.807, 2.05) is 6.92 Å². The first-order valence-corrected chi connectivity index (χ1v) is 18.4. The number of epoxide rings is 2. The van der Waals surface area contributed by atoms with Crippen LogP contribution in [0.1, 0.15) is 75.2 Å². The molecule has 9 rings (SSSR count). The van der Waals surface area contributed by atoms with E-state index in [1.165, 1.54) is 27.7 Å². The summed E-state index contributed by atoms with van der Waals surface area (Å²) in [5.41, 5.74) is -9.89. The van der Waals surface area contributed by atoms with E-state index in [-0.39, 0.29) is 12.8 Å². The Morgan fingerprint density at radius 2 is 1.43 bits per heavy atom. The van der Waals surface area contributed by atoms with Gasteiger partial charge in [-0.3, -0.25) is 24.0 Å². The predicted octanol–water partition coefficient (Wildman–Crippen LogP) is 0.0879. The molecule has 3 heterocycles. The Morgan fingerprint density at radius 1 is 0.830 bits per heavy atom. The number of rotatable bonds is 4. The number of carbonyl (C=O) groups excluding carboxylic acids is 6. The van der Waals surface area contributed by atoms with Gasteiger partial charge in [0.2, 0.25) is 11.6 Å². The molecule has 0 amide bonds. The van der Waals surface area contributed by atoms with Crippen molar-refractivity contribution in [3.8, 4) is 0 Å². The Morgan fingerprint density at radius 3 is 2.02 bits per heavy atom. The van der Waals surface area contributed by atoms with Crippen molar-refractivity contribution in [1.29, 1.82) is 0 Å². The van der Waals surface area contributed by atoms with Crippen molar-refractivity contribution in [3.63, 3.8) is 0 Å². The van der Waals surface area contributed by atoms with Crippen molar-refractivity contribution in [2.45, 2.75) is 135 Å². The number of aliphatic hydroxyl groups is 3. The van der Waals surface area contributed by atoms with Crippen LogP contribution in [0.5, 0.6) is 0 Å². The van der Waals surface area contributed by atoms with Crippen LogP contribution in [0.2, 0.25) is 0 Å². The Balaban J connectivity index is 1.37. The Kier molecular flexibility index (Phi) is 6.44. The molecule has 0 aromatic carbocycles. The third kappa shape index (κ3) is 3.42. The molecule has 290 valence electrons. The number of ketones is 1. The summed E-state index contributed by atoms with van der Waals surface area (Å²) in [5.74, 6) is -16.7. The molecule has 0 aromatic heterocycles. The summed E-state index contributed by atoms with van der Waals surface area (Å²) in [5, 5.41) is 37.2. The van der Waals surface area contributed by atoms with Crippen molar-refractivity contribution in [2.75, 3.05) is 0 Å². The van der Waals surface area contributed by atoms with Gasteiger partial charge >= 0.3 is 29.8 Å². The molecule has 3 saturated heterocycles. The summed E-state index contributed by atoms with van der Waals surface area (Å²) in [4.78, 5) is 81.0. The van der Waals surface area contributed by atoms with E-state index < -0.39 is 152 Å². The Hall–Kier alpha value is -3.18. The minimum atomic E-state index is -3.17. The molecule has 0 radical (unpaired) electrons. The number of fused-ring (bicyclic) bond motifs is 7. The van der Waals surface area contributed by atoms with E-state index in [2.05, 4.69) is 0 Å². The standard InChI is InChI=1S/C37H46O16/c1-12-25-37(52-25)32(8,33(9,44)29(43)53-37)28-34(12)11-35(28,51-16(5)41)23-20-19(22(47-13(2)38)27(31(23,34)7)49-15(4)40)30(6)17(24(42)36(20,45)46)10-18-21(50-18)26(30)48-14(3)39/h12,17-23,25-28,44-46H,10-11H2,1-9H3/t12-,17-,18+,19?,20-,21+,22+,23+,25+,26+,27+,28+,30+,31-,32+,33-,34+,35+,37-/m1/s1. The number of ether oxygens (including phenoxy) is 7. The highest BCUT2D eigenvalue weighted by atomic mass is 16.8. The van der Waals surface area contributed by atoms with Crippen molar-refractivity contribution in [3.05, 3.63) is 0 Å². The van der Waals surface area contributed by atoms with Crippen LogP contribution in [-0.2, 0) is 61.9 Å². The highest BCUT2D eigenvalue weighted by Gasteiger charge is 3.04. The highest BCUT2D eigenvalue weighted by molar-refractivity contribution is 5.91. The molecule has 3 aliphatic heterocycles. The third-order valence-corrected chi connectivity index (χ3v) is 16.4. The van der Waals surface area contributed by atoms with Crippen LogP contribution in [0.15, 0.2) is 0 Å². The van der Waals surface area contributed by atoms with Gasteiger partial charge in [0.1, 0.15) is 36.1 Å². The molecular weight excluding hydrogens is 700 g/mol. The fraction of sp³-hybridized carbons (Fsp3) is 0.838. The molecule has 16 heteroatoms. The van der Waals surface area contributed by atoms with Crippen LogP contribution >= 0.6 is 0 Å². The van der Waals surface area contributed by atoms with Crippen LogP contribution < -0.4 is 0 Å². The second-order valence-corrected chi connectivity index (χ2v) is 18.2. The number of esters is 5. The van der Waals surface area contributed by atoms with Crippen molar-refractivity contribution >= 4 is 35.6 Å². The lowest BCUT2D eigenvalue weighted by atomic mass is 9.35. The van der Waals surface area contributed by atoms with E-state index in [0.29, 0.717) is 0 Å². The number of Topliss-reactive ketones (excluding diaryl/α,β-unsaturated/α-hetero) is 1. The van der Waals surface area contributed by atoms with Crippen molar-refractivity contribution < 1.29 is 77.2 Å². The lowest BCUT2D eigenvalue weighted by Gasteiger charge is -2.68. The van der Waals surface area contributed by atoms with Crippen LogP contribution in [-0.4, -0.2) is 110 Å². The normalized spacial score (nSPS) is 58.0. The van der Waals surface area contributed by atoms with E-state index in [1.54, 1.807) is 20.8 Å². The second kappa shape index (κ2) is 9.60. The lowest BCUT2D eigenvalue weighted by Crippen LogP contribution is -2.78. The van der Waals surface area contributed by atoms with Crippen LogP contribution in [0.25, 0.3) is 0 Å². The minimum Gasteiger partial charge on any atom is -0.459 e. The van der Waals surface area contributed by atoms with Gasteiger partial charge < -0.3 is 48.5 Å². The maximum atomic E-state index is 14.8. The van der Waals surface area contributed by atoms with Gasteiger partial charge in [-0.15, -0.1) is 0 Å². The summed E-state index contributed by atoms with van der Waals surface area (Å²) < 4.78 is 43.0. The first-order valence-electron chi connectivity index (χ1n) is 18.4. The van der Waals surface area contributed by atoms with Gasteiger partial charge in [0.25, 0.3) is 0 Å². The van der Waals surface area contributed by atoms with Gasteiger partial charge in [0.15, 0.2) is 11.4 Å². The zero-order valence-electron chi connectivity index (χ0n) is 31.0. The molecule has 2 bridgehead atoms. The molecule has 3 N–H and O–H groups in total. The van der Waals surface area contributed by atoms with E-state index in [9.17, 15) is 44.1 Å². The van der Waals surface area contributed by atoms with E-state index in [0.717, 1.165) is 6.92 Å². The maximum absolute atomic E-state index is 14.8. The topological polar surface area (TPSA) is 234 Å². The summed E-state index contributed by atoms with van der Waals surface area (Å²) in [6.45, 7) is 12.9. The van der Waals surface area contributed by atoms with Gasteiger partial charge in [0.05, 0.1) is 11.5 Å². The predicted molar refractivity (Wildman–Crippen MR) is 169 cm³/mol. The smallest absolute Gasteiger partial charge is 0.341 e. The molecule has 16 nitrogen and oxygen atoms in total. The summed E-state index contributed by atoms with van der Waals surface area (Å²) in [6, 6.07) is 0. The zero-order chi connectivity index (χ0) is 38.8. The first kappa shape index (κ1) is 35.5. The second-order valence-electron chi connectivity index (χ2n) is 18.2. The van der Waals surface area contributed by atoms with Crippen molar-refractivity contribution in [2.24, 2.45) is 57.2 Å². The lowest BCUT2D eigenvalue weighted by molar-refractivity contribution is -0.324. The summed E-state index contributed by atoms with van der Waals surface area (Å²) in [7, 11) is 0. The fourth-order valence-electron chi connectivity index (χ4n) is 14.9. The Bertz CT molecular complexity index is 1820. The average molecular weight is 747 g/mol. The molecule has 1 unspecified atom stereocenters. The van der Waals surface area contributed by atoms with Crippen molar-refractivity contribution in [1.82, 2.24) is 0 Å². The molecular formula is C37H46O16. The van der Waals surface area contributed by atoms with Crippen LogP contribution in [0, 0.1) is 57.2 Å². The SMILES string of the molecule is CC(=O)O[C@H]1C2[C@H]([C@@H]3[C@@]4(OC(C)=O)C[C@@]5([C@H](C)[C@@H]6O[C@@]67OC(=O)[C@@](C)(O)[C@]7(C)[C@H]45)[C@@]3(C)[C@H]1OC(C)=O)C(O)(O)C(=O)[C@H]1C[C@@H]3O[C@@H]3[C@H](OC(C)=O)[C@]21C. The molecule has 53 heavy (non-hydrogen) atoms. The van der Waals surface area contributed by atoms with Crippen LogP contribution in [0.3, 0.4) is 0 Å². The number of hydrogen-bond acceptors (Lipinski definition) is 16. The van der Waals surface area contributed by atoms with Gasteiger partial charge in [-0.2, -0.15) is 0 Å². The molecule has 1 spiro atoms. The van der Waals surface area contributed by atoms with E-state index >= 15 is 0 Å². The zero-order valence-corrected chi connectivity index (χ0v) is 31.0. The van der Waals surface area contributed by atoms with Gasteiger partial charge in [0, 0.05) is 68.1 Å². The maximum Gasteiger partial charge on any atom is 0.341 e. The molecule has 9 aliphatic rings. The largest absolute Gasteiger partial charge is 0.459 e. The molecule has 0 aromatic rings. The van der Waals surface area contributed by atoms with Gasteiger partial charge in [-0.25, -0.2) is 4.79 Å². The van der Waals surface area contributed by atoms with E-state index in [4.69, 9.17) is 33.2 Å². The Labute approximate surface area is 304 Å². The number of carbonyl (C=O) groups is 6. The monoisotopic (exact) mass is 746 g/mol. The fourth-order valence-corrected chi connectivity index (χ4v) is 14.9. The summed E-state index contributed by atoms with van der Waals surface area (Å²) in [6.07, 6.45) is -5.94. The molecule has 19 atom stereocenters. The quantitative estimate of drug-likeness (QED) is 0.150. The first-order chi connectivity index (χ1) is 24.4. The van der Waals surface area contributed by atoms with Crippen LogP contribution in [0.4, 0.5) is 0 Å². The highest BCUT2D eigenvalue weighted by Crippen LogP contribution is 2.94. The summed E-state index contributed by atoms with van der Waals surface area (Å²) >= 11 is 0. The molecule has 6 aliphatic carbocycles. The minimum absolute atomic E-state index is 0.0156. The number of hydrogen-bond donors (Lipinski definition) is 3. The van der Waals surface area contributed by atoms with Gasteiger partial charge in [-0.1, -0.05) is 20.8 Å². The average Bonchev–Trinajstić information content (AvgIpc) is 3.91.